The third-order valence-corrected chi connectivity index (χ3v) is 4.98. The molecule has 2 heterocycles. The highest BCUT2D eigenvalue weighted by molar-refractivity contribution is 5.70. The van der Waals surface area contributed by atoms with E-state index < -0.39 is 6.67 Å². The average Bonchev–Trinajstić information content (AvgIpc) is 3.30. The van der Waals surface area contributed by atoms with Crippen LogP contribution in [-0.2, 0) is 16.2 Å². The molecule has 1 atom stereocenters. The number of esters is 1. The quantitative estimate of drug-likeness (QED) is 0.711. The SMILES string of the molecule is COC(=O)CC(CN1CCCC1)c1cccc(-n2nc(CF)cc2C)c1. The Labute approximate surface area is 153 Å². The molecule has 1 aliphatic rings. The zero-order chi connectivity index (χ0) is 18.5. The third kappa shape index (κ3) is 4.30. The predicted molar refractivity (Wildman–Crippen MR) is 98.2 cm³/mol. The van der Waals surface area contributed by atoms with Gasteiger partial charge >= 0.3 is 5.97 Å². The number of aryl methyl sites for hydroxylation is 1. The van der Waals surface area contributed by atoms with Crippen LogP contribution in [0.25, 0.3) is 5.69 Å². The average molecular weight is 359 g/mol. The summed E-state index contributed by atoms with van der Waals surface area (Å²) in [4.78, 5) is 14.3. The number of rotatable bonds is 7. The molecule has 0 saturated carbocycles. The number of hydrogen-bond acceptors (Lipinski definition) is 4. The van der Waals surface area contributed by atoms with Gasteiger partial charge in [-0.15, -0.1) is 0 Å². The van der Waals surface area contributed by atoms with Crippen molar-refractivity contribution in [3.05, 3.63) is 47.3 Å². The number of carbonyl (C=O) groups excluding carboxylic acids is 1. The molecule has 0 radical (unpaired) electrons. The van der Waals surface area contributed by atoms with E-state index in [1.807, 2.05) is 31.2 Å². The minimum Gasteiger partial charge on any atom is -0.469 e. The van der Waals surface area contributed by atoms with Gasteiger partial charge in [0.15, 0.2) is 0 Å². The molecular weight excluding hydrogens is 333 g/mol. The lowest BCUT2D eigenvalue weighted by Crippen LogP contribution is -2.27. The predicted octanol–water partition coefficient (Wildman–Crippen LogP) is 3.39. The molecule has 1 unspecified atom stereocenters. The molecule has 3 rings (SSSR count). The first-order valence-electron chi connectivity index (χ1n) is 9.11. The molecule has 0 bridgehead atoms. The van der Waals surface area contributed by atoms with Crippen molar-refractivity contribution < 1.29 is 13.9 Å². The maximum Gasteiger partial charge on any atom is 0.306 e. The lowest BCUT2D eigenvalue weighted by Gasteiger charge is -2.23. The van der Waals surface area contributed by atoms with Crippen molar-refractivity contribution in [3.63, 3.8) is 0 Å². The van der Waals surface area contributed by atoms with Gasteiger partial charge < -0.3 is 9.64 Å². The zero-order valence-corrected chi connectivity index (χ0v) is 15.4. The van der Waals surface area contributed by atoms with Gasteiger partial charge in [0.25, 0.3) is 0 Å². The van der Waals surface area contributed by atoms with Gasteiger partial charge in [-0.1, -0.05) is 12.1 Å². The Morgan fingerprint density at radius 3 is 2.73 bits per heavy atom. The largest absolute Gasteiger partial charge is 0.469 e. The van der Waals surface area contributed by atoms with Crippen LogP contribution in [0.15, 0.2) is 30.3 Å². The van der Waals surface area contributed by atoms with Crippen LogP contribution in [0.1, 0.15) is 42.1 Å². The van der Waals surface area contributed by atoms with E-state index in [1.54, 1.807) is 10.7 Å². The van der Waals surface area contributed by atoms with E-state index in [0.717, 1.165) is 36.6 Å². The van der Waals surface area contributed by atoms with Crippen molar-refractivity contribution in [2.75, 3.05) is 26.7 Å². The van der Waals surface area contributed by atoms with E-state index in [9.17, 15) is 9.18 Å². The third-order valence-electron chi connectivity index (χ3n) is 4.98. The fraction of sp³-hybridized carbons (Fsp3) is 0.500. The minimum atomic E-state index is -0.576. The molecule has 0 amide bonds. The minimum absolute atomic E-state index is 0.0667. The second-order valence-electron chi connectivity index (χ2n) is 6.90. The molecule has 6 heteroatoms. The second kappa shape index (κ2) is 8.45. The van der Waals surface area contributed by atoms with E-state index in [2.05, 4.69) is 10.00 Å². The molecule has 0 N–H and O–H groups in total. The normalized spacial score (nSPS) is 16.0. The van der Waals surface area contributed by atoms with Crippen molar-refractivity contribution in [1.29, 1.82) is 0 Å². The van der Waals surface area contributed by atoms with E-state index in [1.165, 1.54) is 20.0 Å². The summed E-state index contributed by atoms with van der Waals surface area (Å²) in [7, 11) is 1.43. The Morgan fingerprint density at radius 1 is 1.31 bits per heavy atom. The van der Waals surface area contributed by atoms with Gasteiger partial charge in [0, 0.05) is 18.2 Å². The number of aromatic nitrogens is 2. The Hall–Kier alpha value is -2.21. The second-order valence-corrected chi connectivity index (χ2v) is 6.90. The van der Waals surface area contributed by atoms with Crippen molar-refractivity contribution in [2.45, 2.75) is 38.8 Å². The zero-order valence-electron chi connectivity index (χ0n) is 15.4. The molecule has 26 heavy (non-hydrogen) atoms. The van der Waals surface area contributed by atoms with Crippen LogP contribution < -0.4 is 0 Å². The molecule has 1 saturated heterocycles. The van der Waals surface area contributed by atoms with Crippen molar-refractivity contribution in [3.8, 4) is 5.69 Å². The van der Waals surface area contributed by atoms with Gasteiger partial charge in [-0.2, -0.15) is 5.10 Å². The van der Waals surface area contributed by atoms with Crippen molar-refractivity contribution in [2.24, 2.45) is 0 Å². The Bertz CT molecular complexity index is 753. The monoisotopic (exact) mass is 359 g/mol. The number of likely N-dealkylation sites (tertiary alicyclic amines) is 1. The van der Waals surface area contributed by atoms with Gasteiger partial charge in [-0.05, 0) is 56.6 Å². The van der Waals surface area contributed by atoms with Gasteiger partial charge in [-0.3, -0.25) is 4.79 Å². The van der Waals surface area contributed by atoms with E-state index in [-0.39, 0.29) is 11.9 Å². The molecule has 5 nitrogen and oxygen atoms in total. The van der Waals surface area contributed by atoms with Crippen LogP contribution in [0, 0.1) is 6.92 Å². The van der Waals surface area contributed by atoms with Gasteiger partial charge in [0.2, 0.25) is 0 Å². The molecule has 140 valence electrons. The maximum absolute atomic E-state index is 12.9. The smallest absolute Gasteiger partial charge is 0.306 e. The molecule has 2 aromatic rings. The summed E-state index contributed by atoms with van der Waals surface area (Å²) in [6, 6.07) is 9.77. The van der Waals surface area contributed by atoms with Crippen molar-refractivity contribution >= 4 is 5.97 Å². The van der Waals surface area contributed by atoms with E-state index in [4.69, 9.17) is 4.74 Å². The summed E-state index contributed by atoms with van der Waals surface area (Å²) >= 11 is 0. The summed E-state index contributed by atoms with van der Waals surface area (Å²) in [5.41, 5.74) is 3.28. The van der Waals surface area contributed by atoms with Crippen LogP contribution >= 0.6 is 0 Å². The molecule has 0 spiro atoms. The first kappa shape index (κ1) is 18.6. The molecule has 1 aromatic carbocycles. The Balaban J connectivity index is 1.87. The fourth-order valence-electron chi connectivity index (χ4n) is 3.62. The molecule has 1 fully saturated rings. The van der Waals surface area contributed by atoms with E-state index >= 15 is 0 Å². The highest BCUT2D eigenvalue weighted by atomic mass is 19.1. The first-order chi connectivity index (χ1) is 12.6. The standard InChI is InChI=1S/C20H26FN3O2/c1-15-10-18(13-21)22-24(15)19-7-5-6-16(11-19)17(12-20(25)26-2)14-23-8-3-4-9-23/h5-7,10-11,17H,3-4,8-9,12-14H2,1-2H3. The maximum atomic E-state index is 12.9. The number of methoxy groups -OCH3 is 1. The Kier molecular flexibility index (Phi) is 6.04. The van der Waals surface area contributed by atoms with Gasteiger partial charge in [-0.25, -0.2) is 9.07 Å². The number of ether oxygens (including phenoxy) is 1. The van der Waals surface area contributed by atoms with Crippen LogP contribution in [0.4, 0.5) is 4.39 Å². The Morgan fingerprint density at radius 2 is 2.08 bits per heavy atom. The summed E-state index contributed by atoms with van der Waals surface area (Å²) in [6.45, 7) is 4.33. The summed E-state index contributed by atoms with van der Waals surface area (Å²) in [6.07, 6.45) is 2.78. The van der Waals surface area contributed by atoms with Gasteiger partial charge in [0.1, 0.15) is 6.67 Å². The van der Waals surface area contributed by atoms with E-state index in [0.29, 0.717) is 12.1 Å². The fourth-order valence-corrected chi connectivity index (χ4v) is 3.62. The highest BCUT2D eigenvalue weighted by Gasteiger charge is 2.22. The molecule has 1 aromatic heterocycles. The summed E-state index contributed by atoms with van der Waals surface area (Å²) < 4.78 is 19.6. The lowest BCUT2D eigenvalue weighted by molar-refractivity contribution is -0.141. The number of carbonyl (C=O) groups is 1. The van der Waals surface area contributed by atoms with Gasteiger partial charge in [0.05, 0.1) is 24.9 Å². The molecule has 0 aliphatic carbocycles. The highest BCUT2D eigenvalue weighted by Crippen LogP contribution is 2.26. The topological polar surface area (TPSA) is 47.4 Å². The number of benzene rings is 1. The number of halogens is 1. The summed E-state index contributed by atoms with van der Waals surface area (Å²) in [5.74, 6) is -0.133. The number of alkyl halides is 1. The lowest BCUT2D eigenvalue weighted by atomic mass is 9.94. The van der Waals surface area contributed by atoms with Crippen LogP contribution in [0.2, 0.25) is 0 Å². The summed E-state index contributed by atoms with van der Waals surface area (Å²) in [5, 5.41) is 4.32. The van der Waals surface area contributed by atoms with Crippen molar-refractivity contribution in [1.82, 2.24) is 14.7 Å². The first-order valence-corrected chi connectivity index (χ1v) is 9.11. The number of nitrogens with zero attached hydrogens (tertiary/aromatic N) is 3. The van der Waals surface area contributed by atoms with Crippen LogP contribution in [-0.4, -0.2) is 47.4 Å². The number of hydrogen-bond donors (Lipinski definition) is 0. The molecular formula is C20H26FN3O2. The van der Waals surface area contributed by atoms with Crippen LogP contribution in [0.3, 0.4) is 0 Å². The molecule has 1 aliphatic heterocycles. The van der Waals surface area contributed by atoms with Crippen LogP contribution in [0.5, 0.6) is 0 Å².